The zero-order valence-electron chi connectivity index (χ0n) is 21.2. The number of pyridine rings is 1. The number of hydrogen-bond donors (Lipinski definition) is 0. The van der Waals surface area contributed by atoms with E-state index in [1.54, 1.807) is 10.7 Å². The molecule has 4 aromatic rings. The van der Waals surface area contributed by atoms with Crippen molar-refractivity contribution >= 4 is 22.6 Å². The van der Waals surface area contributed by atoms with Gasteiger partial charge < -0.3 is 18.8 Å². The summed E-state index contributed by atoms with van der Waals surface area (Å²) in [7, 11) is 0. The zero-order valence-corrected chi connectivity index (χ0v) is 21.2. The number of ether oxygens (including phenoxy) is 2. The van der Waals surface area contributed by atoms with E-state index in [0.717, 1.165) is 62.5 Å². The molecule has 0 bridgehead atoms. The molecule has 8 nitrogen and oxygen atoms in total. The van der Waals surface area contributed by atoms with Gasteiger partial charge in [0.05, 0.1) is 24.6 Å². The van der Waals surface area contributed by atoms with E-state index < -0.39 is 0 Å². The minimum atomic E-state index is 0.0276. The van der Waals surface area contributed by atoms with Crippen LogP contribution in [0.15, 0.2) is 53.1 Å². The third-order valence-electron chi connectivity index (χ3n) is 7.33. The molecule has 0 amide bonds. The molecule has 3 aromatic heterocycles. The number of carbonyl (C=O) groups is 1. The number of fused-ring (bicyclic) bond motifs is 1. The average molecular weight is 501 g/mol. The highest BCUT2D eigenvalue weighted by atomic mass is 16.5. The topological polar surface area (TPSA) is 82.6 Å². The Balaban J connectivity index is 1.32. The van der Waals surface area contributed by atoms with Gasteiger partial charge in [-0.15, -0.1) is 0 Å². The molecule has 2 aliphatic heterocycles. The van der Waals surface area contributed by atoms with Crippen molar-refractivity contribution in [2.45, 2.75) is 32.6 Å². The van der Waals surface area contributed by atoms with Gasteiger partial charge in [0.1, 0.15) is 5.52 Å². The minimum absolute atomic E-state index is 0.0276. The van der Waals surface area contributed by atoms with Crippen molar-refractivity contribution in [2.75, 3.05) is 44.4 Å². The lowest BCUT2D eigenvalue weighted by atomic mass is 9.93. The van der Waals surface area contributed by atoms with Crippen LogP contribution in [0.2, 0.25) is 0 Å². The first-order valence-electron chi connectivity index (χ1n) is 13.2. The van der Waals surface area contributed by atoms with E-state index in [0.29, 0.717) is 48.2 Å². The fourth-order valence-corrected chi connectivity index (χ4v) is 5.19. The number of Topliss-reactive ketones (excluding diaryl/α,β-unsaturated/α-hetero) is 1. The molecule has 0 atom stereocenters. The van der Waals surface area contributed by atoms with Crippen molar-refractivity contribution in [3.63, 3.8) is 0 Å². The van der Waals surface area contributed by atoms with Crippen molar-refractivity contribution < 1.29 is 18.7 Å². The van der Waals surface area contributed by atoms with Crippen molar-refractivity contribution in [1.82, 2.24) is 14.8 Å². The molecular formula is C29H32N4O4. The van der Waals surface area contributed by atoms with Crippen LogP contribution in [0.3, 0.4) is 0 Å². The van der Waals surface area contributed by atoms with Gasteiger partial charge in [0.2, 0.25) is 0 Å². The van der Waals surface area contributed by atoms with Crippen LogP contribution in [0.25, 0.3) is 28.2 Å². The first-order valence-corrected chi connectivity index (χ1v) is 13.2. The van der Waals surface area contributed by atoms with Gasteiger partial charge in [0.25, 0.3) is 0 Å². The molecule has 37 heavy (non-hydrogen) atoms. The number of nitrogens with zero attached hydrogens (tertiary/aromatic N) is 4. The van der Waals surface area contributed by atoms with Gasteiger partial charge in [0, 0.05) is 56.6 Å². The summed E-state index contributed by atoms with van der Waals surface area (Å²) in [6.45, 7) is 6.45. The van der Waals surface area contributed by atoms with E-state index in [-0.39, 0.29) is 5.78 Å². The Morgan fingerprint density at radius 2 is 1.84 bits per heavy atom. The summed E-state index contributed by atoms with van der Waals surface area (Å²) in [5, 5.41) is 4.81. The summed E-state index contributed by atoms with van der Waals surface area (Å²) < 4.78 is 19.0. The number of furan rings is 1. The first kappa shape index (κ1) is 23.9. The molecule has 0 aliphatic carbocycles. The second kappa shape index (κ2) is 10.5. The molecule has 2 fully saturated rings. The molecule has 0 N–H and O–H groups in total. The molecule has 8 heteroatoms. The highest BCUT2D eigenvalue weighted by Gasteiger charge is 2.23. The molecule has 192 valence electrons. The number of morpholine rings is 1. The Hall–Kier alpha value is -3.49. The normalized spacial score (nSPS) is 16.9. The van der Waals surface area contributed by atoms with E-state index in [1.807, 2.05) is 24.4 Å². The van der Waals surface area contributed by atoms with Gasteiger partial charge in [-0.25, -0.2) is 9.67 Å². The Labute approximate surface area is 216 Å². The Kier molecular flexibility index (Phi) is 6.76. The molecular weight excluding hydrogens is 468 g/mol. The van der Waals surface area contributed by atoms with Gasteiger partial charge in [-0.1, -0.05) is 23.8 Å². The summed E-state index contributed by atoms with van der Waals surface area (Å²) >= 11 is 0. The summed E-state index contributed by atoms with van der Waals surface area (Å²) in [5.41, 5.74) is 5.36. The standard InChI is InChI=1S/C29H32N4O4/c1-20-3-2-4-22(17-20)23-7-10-33(31-23)28-19-25(32-11-15-36-16-12-32)29-24(30-28)18-27(37-29)26(34)6-5-21-8-13-35-14-9-21/h2-4,7,10,17-19,21H,5-6,8-9,11-16H2,1H3. The molecule has 0 unspecified atom stereocenters. The second-order valence-corrected chi connectivity index (χ2v) is 9.96. The van der Waals surface area contributed by atoms with Crippen LogP contribution in [-0.2, 0) is 9.47 Å². The summed E-state index contributed by atoms with van der Waals surface area (Å²) in [6, 6.07) is 14.1. The lowest BCUT2D eigenvalue weighted by Crippen LogP contribution is -2.36. The predicted molar refractivity (Wildman–Crippen MR) is 141 cm³/mol. The quantitative estimate of drug-likeness (QED) is 0.322. The maximum atomic E-state index is 13.1. The number of aromatic nitrogens is 3. The van der Waals surface area contributed by atoms with Crippen molar-refractivity contribution in [3.05, 3.63) is 60.0 Å². The third-order valence-corrected chi connectivity index (χ3v) is 7.33. The van der Waals surface area contributed by atoms with Gasteiger partial charge >= 0.3 is 0 Å². The SMILES string of the molecule is Cc1cccc(-c2ccn(-c3cc(N4CCOCC4)c4oc(C(=O)CCC5CCOCC5)cc4n3)n2)c1. The third kappa shape index (κ3) is 5.17. The van der Waals surface area contributed by atoms with Gasteiger partial charge in [-0.05, 0) is 44.2 Å². The van der Waals surface area contributed by atoms with E-state index in [1.165, 1.54) is 5.56 Å². The number of ketones is 1. The van der Waals surface area contributed by atoms with Crippen molar-refractivity contribution in [2.24, 2.45) is 5.92 Å². The first-order chi connectivity index (χ1) is 18.1. The molecule has 1 aromatic carbocycles. The number of benzene rings is 1. The number of rotatable bonds is 7. The van der Waals surface area contributed by atoms with Crippen molar-refractivity contribution in [1.29, 1.82) is 0 Å². The van der Waals surface area contributed by atoms with Gasteiger partial charge in [-0.2, -0.15) is 5.10 Å². The number of hydrogen-bond acceptors (Lipinski definition) is 7. The maximum Gasteiger partial charge on any atom is 0.198 e. The van der Waals surface area contributed by atoms with E-state index in [9.17, 15) is 4.79 Å². The fraction of sp³-hybridized carbons (Fsp3) is 0.414. The Morgan fingerprint density at radius 3 is 2.65 bits per heavy atom. The molecule has 2 saturated heterocycles. The van der Waals surface area contributed by atoms with E-state index in [2.05, 4.69) is 30.0 Å². The Morgan fingerprint density at radius 1 is 1.03 bits per heavy atom. The van der Waals surface area contributed by atoms with Crippen LogP contribution >= 0.6 is 0 Å². The highest BCUT2D eigenvalue weighted by molar-refractivity contribution is 5.99. The van der Waals surface area contributed by atoms with Gasteiger partial charge in [-0.3, -0.25) is 4.79 Å². The summed E-state index contributed by atoms with van der Waals surface area (Å²) in [4.78, 5) is 20.2. The number of anilines is 1. The van der Waals surface area contributed by atoms with Gasteiger partial charge in [0.15, 0.2) is 22.9 Å². The monoisotopic (exact) mass is 500 g/mol. The van der Waals surface area contributed by atoms with Crippen LogP contribution in [0, 0.1) is 12.8 Å². The average Bonchev–Trinajstić information content (AvgIpc) is 3.60. The molecule has 5 heterocycles. The van der Waals surface area contributed by atoms with Crippen LogP contribution in [0.5, 0.6) is 0 Å². The van der Waals surface area contributed by atoms with Crippen LogP contribution in [-0.4, -0.2) is 60.1 Å². The lowest BCUT2D eigenvalue weighted by molar-refractivity contribution is 0.0617. The number of carbonyl (C=O) groups excluding carboxylic acids is 1. The second-order valence-electron chi connectivity index (χ2n) is 9.96. The minimum Gasteiger partial charge on any atom is -0.449 e. The molecule has 0 saturated carbocycles. The van der Waals surface area contributed by atoms with Crippen LogP contribution < -0.4 is 4.90 Å². The van der Waals surface area contributed by atoms with Crippen molar-refractivity contribution in [3.8, 4) is 17.1 Å². The predicted octanol–water partition coefficient (Wildman–Crippen LogP) is 5.22. The maximum absolute atomic E-state index is 13.1. The van der Waals surface area contributed by atoms with Crippen LogP contribution in [0.4, 0.5) is 5.69 Å². The lowest BCUT2D eigenvalue weighted by Gasteiger charge is -2.28. The fourth-order valence-electron chi connectivity index (χ4n) is 5.19. The Bertz CT molecular complexity index is 1400. The molecule has 6 rings (SSSR count). The zero-order chi connectivity index (χ0) is 25.2. The largest absolute Gasteiger partial charge is 0.449 e. The summed E-state index contributed by atoms with van der Waals surface area (Å²) in [5.74, 6) is 1.63. The smallest absolute Gasteiger partial charge is 0.198 e. The molecule has 2 aliphatic rings. The highest BCUT2D eigenvalue weighted by Crippen LogP contribution is 2.33. The number of aryl methyl sites for hydroxylation is 1. The van der Waals surface area contributed by atoms with Crippen LogP contribution in [0.1, 0.15) is 41.8 Å². The summed E-state index contributed by atoms with van der Waals surface area (Å²) in [6.07, 6.45) is 5.31. The molecule has 0 radical (unpaired) electrons. The van der Waals surface area contributed by atoms with E-state index >= 15 is 0 Å². The van der Waals surface area contributed by atoms with E-state index in [4.69, 9.17) is 24.0 Å². The molecule has 0 spiro atoms.